The van der Waals surface area contributed by atoms with Gasteiger partial charge in [-0.25, -0.2) is 0 Å². The Kier molecular flexibility index (Phi) is 6.75. The van der Waals surface area contributed by atoms with Crippen molar-refractivity contribution in [3.63, 3.8) is 0 Å². The van der Waals surface area contributed by atoms with E-state index in [4.69, 9.17) is 14.6 Å². The number of benzene rings is 3. The molecule has 1 N–H and O–H groups in total. The van der Waals surface area contributed by atoms with Gasteiger partial charge in [-0.2, -0.15) is 5.10 Å². The topological polar surface area (TPSA) is 86.0 Å². The summed E-state index contributed by atoms with van der Waals surface area (Å²) in [5.41, 5.74) is 9.25. The van der Waals surface area contributed by atoms with E-state index in [1.54, 1.807) is 6.07 Å². The van der Waals surface area contributed by atoms with Crippen LogP contribution in [0.15, 0.2) is 71.8 Å². The van der Waals surface area contributed by atoms with E-state index in [-0.39, 0.29) is 11.1 Å². The Balaban J connectivity index is 1.16. The number of anilines is 1. The highest BCUT2D eigenvalue weighted by molar-refractivity contribution is 5.93. The molecule has 0 spiro atoms. The molecule has 2 saturated carbocycles. The van der Waals surface area contributed by atoms with E-state index in [1.807, 2.05) is 18.2 Å². The van der Waals surface area contributed by atoms with E-state index < -0.39 is 4.92 Å². The molecule has 0 amide bonds. The molecule has 0 saturated heterocycles. The summed E-state index contributed by atoms with van der Waals surface area (Å²) in [6, 6.07) is 21.6. The smallest absolute Gasteiger partial charge is 0.273 e. The number of hydrogen-bond donors (Lipinski definition) is 1. The molecule has 2 fully saturated rings. The monoisotopic (exact) mass is 525 g/mol. The molecule has 0 aliphatic heterocycles. The molecule has 3 unspecified atom stereocenters. The minimum Gasteiger partial charge on any atom is -0.494 e. The number of fused-ring (bicyclic) bond motifs is 5. The zero-order valence-electron chi connectivity index (χ0n) is 22.6. The van der Waals surface area contributed by atoms with Crippen LogP contribution >= 0.6 is 0 Å². The number of rotatable bonds is 7. The van der Waals surface area contributed by atoms with E-state index in [0.29, 0.717) is 35.8 Å². The summed E-state index contributed by atoms with van der Waals surface area (Å²) in [5, 5.41) is 16.0. The van der Waals surface area contributed by atoms with Gasteiger partial charge in [-0.3, -0.25) is 15.5 Å². The van der Waals surface area contributed by atoms with Crippen LogP contribution in [0.3, 0.4) is 0 Å². The van der Waals surface area contributed by atoms with Crippen LogP contribution in [0.5, 0.6) is 11.5 Å². The number of hydrogen-bond acceptors (Lipinski definition) is 6. The fourth-order valence-electron chi connectivity index (χ4n) is 7.38. The van der Waals surface area contributed by atoms with Crippen LogP contribution in [0.4, 0.5) is 11.4 Å². The lowest BCUT2D eigenvalue weighted by atomic mass is 9.55. The van der Waals surface area contributed by atoms with Gasteiger partial charge >= 0.3 is 0 Å². The third-order valence-corrected chi connectivity index (χ3v) is 9.39. The molecular weight excluding hydrogens is 490 g/mol. The maximum atomic E-state index is 11.1. The number of ether oxygens (including phenoxy) is 2. The molecule has 0 aromatic heterocycles. The number of aryl methyl sites for hydroxylation is 1. The molecular formula is C32H35N3O4. The average Bonchev–Trinajstić information content (AvgIpc) is 3.31. The Morgan fingerprint density at radius 3 is 2.69 bits per heavy atom. The Morgan fingerprint density at radius 2 is 1.90 bits per heavy atom. The molecule has 3 aromatic carbocycles. The number of nitrogens with one attached hydrogen (secondary N) is 1. The number of methoxy groups -OCH3 is 1. The van der Waals surface area contributed by atoms with Crippen molar-refractivity contribution in [2.24, 2.45) is 22.4 Å². The van der Waals surface area contributed by atoms with Crippen molar-refractivity contribution >= 4 is 17.1 Å². The second-order valence-corrected chi connectivity index (χ2v) is 11.4. The van der Waals surface area contributed by atoms with E-state index >= 15 is 0 Å². The van der Waals surface area contributed by atoms with Gasteiger partial charge in [0.2, 0.25) is 0 Å². The Hall–Kier alpha value is -3.87. The number of nitrogens with zero attached hydrogens (tertiary/aromatic N) is 2. The van der Waals surface area contributed by atoms with Crippen molar-refractivity contribution in [1.82, 2.24) is 0 Å². The molecule has 39 heavy (non-hydrogen) atoms. The summed E-state index contributed by atoms with van der Waals surface area (Å²) in [6.45, 7) is 2.98. The molecule has 0 radical (unpaired) electrons. The fraction of sp³-hybridized carbons (Fsp3) is 0.406. The summed E-state index contributed by atoms with van der Waals surface area (Å²) >= 11 is 0. The lowest BCUT2D eigenvalue weighted by molar-refractivity contribution is -0.384. The van der Waals surface area contributed by atoms with Crippen LogP contribution in [0.2, 0.25) is 0 Å². The van der Waals surface area contributed by atoms with E-state index in [0.717, 1.165) is 37.9 Å². The van der Waals surface area contributed by atoms with Gasteiger partial charge in [0.15, 0.2) is 5.75 Å². The molecule has 3 aliphatic carbocycles. The summed E-state index contributed by atoms with van der Waals surface area (Å²) in [4.78, 5) is 10.7. The fourth-order valence-corrected chi connectivity index (χ4v) is 7.38. The van der Waals surface area contributed by atoms with Crippen molar-refractivity contribution < 1.29 is 14.4 Å². The van der Waals surface area contributed by atoms with Gasteiger partial charge in [-0.15, -0.1) is 0 Å². The van der Waals surface area contributed by atoms with Gasteiger partial charge in [0.1, 0.15) is 12.4 Å². The quantitative estimate of drug-likeness (QED) is 0.255. The predicted molar refractivity (Wildman–Crippen MR) is 153 cm³/mol. The van der Waals surface area contributed by atoms with Crippen molar-refractivity contribution in [3.05, 3.63) is 93.5 Å². The zero-order valence-corrected chi connectivity index (χ0v) is 22.6. The molecule has 3 aliphatic rings. The summed E-state index contributed by atoms with van der Waals surface area (Å²) in [6.07, 6.45) is 6.71. The second kappa shape index (κ2) is 10.4. The Labute approximate surface area is 229 Å². The number of nitro benzene ring substituents is 1. The summed E-state index contributed by atoms with van der Waals surface area (Å²) in [7, 11) is 1.52. The molecule has 0 heterocycles. The van der Waals surface area contributed by atoms with Gasteiger partial charge < -0.3 is 9.47 Å². The highest BCUT2D eigenvalue weighted by Crippen LogP contribution is 2.60. The SMILES string of the molecule is COc1cc([N+](=O)[O-])ccc1N/N=C1\CCC2C3CCc4cc(OCc5ccccc5)ccc4C3CC[C@]12C. The Morgan fingerprint density at radius 1 is 1.05 bits per heavy atom. The predicted octanol–water partition coefficient (Wildman–Crippen LogP) is 7.51. The van der Waals surface area contributed by atoms with Crippen LogP contribution in [0, 0.1) is 27.4 Å². The largest absolute Gasteiger partial charge is 0.494 e. The number of nitro groups is 1. The normalized spacial score (nSPS) is 26.3. The summed E-state index contributed by atoms with van der Waals surface area (Å²) in [5.74, 6) is 3.25. The van der Waals surface area contributed by atoms with Gasteiger partial charge in [0.25, 0.3) is 5.69 Å². The molecule has 4 atom stereocenters. The van der Waals surface area contributed by atoms with Crippen LogP contribution in [-0.4, -0.2) is 17.7 Å². The van der Waals surface area contributed by atoms with E-state index in [1.165, 1.54) is 48.1 Å². The van der Waals surface area contributed by atoms with Crippen molar-refractivity contribution in [3.8, 4) is 11.5 Å². The maximum absolute atomic E-state index is 11.1. The van der Waals surface area contributed by atoms with Crippen LogP contribution in [-0.2, 0) is 13.0 Å². The standard InChI is InChI=1S/C32H35N3O4/c1-32-17-16-26-25-12-10-24(39-20-21-6-4-3-5-7-21)18-22(25)8-11-27(26)28(32)13-15-31(32)34-33-29-14-9-23(35(36)37)19-30(29)38-2/h3-7,9-10,12,14,18-19,26-28,33H,8,11,13,15-17,20H2,1-2H3/b34-31+/t26?,27?,28?,32-/m0/s1. The highest BCUT2D eigenvalue weighted by Gasteiger charge is 2.53. The zero-order chi connectivity index (χ0) is 27.0. The van der Waals surface area contributed by atoms with Crippen LogP contribution < -0.4 is 14.9 Å². The van der Waals surface area contributed by atoms with E-state index in [9.17, 15) is 10.1 Å². The lowest BCUT2D eigenvalue weighted by Crippen LogP contribution is -2.42. The first-order chi connectivity index (χ1) is 19.0. The first-order valence-electron chi connectivity index (χ1n) is 13.9. The number of hydrazone groups is 1. The average molecular weight is 526 g/mol. The first kappa shape index (κ1) is 25.4. The third-order valence-electron chi connectivity index (χ3n) is 9.39. The maximum Gasteiger partial charge on any atom is 0.273 e. The minimum atomic E-state index is -0.417. The molecule has 7 nitrogen and oxygen atoms in total. The van der Waals surface area contributed by atoms with Gasteiger partial charge in [-0.1, -0.05) is 43.3 Å². The highest BCUT2D eigenvalue weighted by atomic mass is 16.6. The summed E-state index contributed by atoms with van der Waals surface area (Å²) < 4.78 is 11.5. The molecule has 3 aromatic rings. The van der Waals surface area contributed by atoms with Crippen LogP contribution in [0.1, 0.15) is 61.6 Å². The molecule has 0 bridgehead atoms. The first-order valence-corrected chi connectivity index (χ1v) is 13.9. The van der Waals surface area contributed by atoms with Crippen molar-refractivity contribution in [2.75, 3.05) is 12.5 Å². The third kappa shape index (κ3) is 4.75. The van der Waals surface area contributed by atoms with Crippen molar-refractivity contribution in [1.29, 1.82) is 0 Å². The molecule has 7 heteroatoms. The van der Waals surface area contributed by atoms with Gasteiger partial charge in [-0.05, 0) is 91.2 Å². The van der Waals surface area contributed by atoms with Crippen molar-refractivity contribution in [2.45, 2.75) is 58.0 Å². The number of non-ortho nitro benzene ring substituents is 1. The molecule has 6 rings (SSSR count). The van der Waals surface area contributed by atoms with E-state index in [2.05, 4.69) is 42.7 Å². The molecule has 202 valence electrons. The Bertz CT molecular complexity index is 1410. The van der Waals surface area contributed by atoms with Crippen LogP contribution in [0.25, 0.3) is 0 Å². The lowest BCUT2D eigenvalue weighted by Gasteiger charge is -2.49. The van der Waals surface area contributed by atoms with Gasteiger partial charge in [0.05, 0.1) is 23.8 Å². The minimum absolute atomic E-state index is 0.00345. The van der Waals surface area contributed by atoms with Gasteiger partial charge in [0, 0.05) is 17.2 Å². The second-order valence-electron chi connectivity index (χ2n) is 11.4.